The average Bonchev–Trinajstić information content (AvgIpc) is 2.73. The van der Waals surface area contributed by atoms with E-state index in [1.807, 2.05) is 13.8 Å². The van der Waals surface area contributed by atoms with Gasteiger partial charge in [-0.1, -0.05) is 0 Å². The number of nitrogen functional groups attached to an aromatic ring is 1. The predicted octanol–water partition coefficient (Wildman–Crippen LogP) is 1.31. The van der Waals surface area contributed by atoms with Crippen molar-refractivity contribution < 1.29 is 14.3 Å². The Bertz CT molecular complexity index is 513. The van der Waals surface area contributed by atoms with Crippen LogP contribution < -0.4 is 20.7 Å². The Morgan fingerprint density at radius 2 is 2.25 bits per heavy atom. The standard InChI is InChI=1S/C13H21N3O3S/c1-13(2)7-16(5-6-19-13)12-9(18-4)8(14)10(20-12)11(17)15-3/h5-7,14H2,1-4H3,(H,15,17). The van der Waals surface area contributed by atoms with Crippen molar-refractivity contribution in [3.63, 3.8) is 0 Å². The minimum atomic E-state index is -0.227. The zero-order valence-electron chi connectivity index (χ0n) is 12.3. The second-order valence-electron chi connectivity index (χ2n) is 5.29. The van der Waals surface area contributed by atoms with Crippen molar-refractivity contribution in [2.75, 3.05) is 44.5 Å². The molecule has 1 aromatic rings. The number of rotatable bonds is 3. The molecule has 7 heteroatoms. The number of hydrogen-bond donors (Lipinski definition) is 2. The van der Waals surface area contributed by atoms with Crippen molar-refractivity contribution in [3.8, 4) is 5.75 Å². The van der Waals surface area contributed by atoms with E-state index in [2.05, 4.69) is 10.2 Å². The Kier molecular flexibility index (Phi) is 4.10. The fraction of sp³-hybridized carbons (Fsp3) is 0.615. The van der Waals surface area contributed by atoms with E-state index in [-0.39, 0.29) is 11.5 Å². The summed E-state index contributed by atoms with van der Waals surface area (Å²) in [6.07, 6.45) is 0. The van der Waals surface area contributed by atoms with Crippen LogP contribution in [0, 0.1) is 0 Å². The van der Waals surface area contributed by atoms with Crippen LogP contribution in [-0.4, -0.2) is 45.4 Å². The molecule has 2 heterocycles. The molecule has 3 N–H and O–H groups in total. The maximum Gasteiger partial charge on any atom is 0.263 e. The van der Waals surface area contributed by atoms with Gasteiger partial charge < -0.3 is 25.4 Å². The molecule has 1 saturated heterocycles. The van der Waals surface area contributed by atoms with Gasteiger partial charge in [0.25, 0.3) is 5.91 Å². The van der Waals surface area contributed by atoms with Crippen molar-refractivity contribution in [1.29, 1.82) is 0 Å². The van der Waals surface area contributed by atoms with Gasteiger partial charge in [-0.3, -0.25) is 4.79 Å². The molecule has 20 heavy (non-hydrogen) atoms. The second kappa shape index (κ2) is 5.49. The first kappa shape index (κ1) is 14.9. The molecule has 0 aromatic carbocycles. The number of nitrogens with one attached hydrogen (secondary N) is 1. The van der Waals surface area contributed by atoms with E-state index in [0.29, 0.717) is 22.9 Å². The highest BCUT2D eigenvalue weighted by Crippen LogP contribution is 2.45. The van der Waals surface area contributed by atoms with Crippen LogP contribution in [0.25, 0.3) is 0 Å². The van der Waals surface area contributed by atoms with E-state index in [1.165, 1.54) is 11.3 Å². The number of nitrogens with zero attached hydrogens (tertiary/aromatic N) is 1. The third kappa shape index (κ3) is 2.69. The summed E-state index contributed by atoms with van der Waals surface area (Å²) in [5, 5.41) is 3.49. The Hall–Kier alpha value is -1.47. The number of hydrogen-bond acceptors (Lipinski definition) is 6. The van der Waals surface area contributed by atoms with Gasteiger partial charge in [-0.05, 0) is 13.8 Å². The molecule has 1 amide bonds. The van der Waals surface area contributed by atoms with Gasteiger partial charge in [0, 0.05) is 20.1 Å². The molecule has 0 saturated carbocycles. The minimum Gasteiger partial charge on any atom is -0.492 e. The van der Waals surface area contributed by atoms with Crippen LogP contribution in [0.2, 0.25) is 0 Å². The number of ether oxygens (including phenoxy) is 2. The van der Waals surface area contributed by atoms with Crippen LogP contribution in [0.15, 0.2) is 0 Å². The van der Waals surface area contributed by atoms with Gasteiger partial charge in [-0.2, -0.15) is 0 Å². The highest BCUT2D eigenvalue weighted by Gasteiger charge is 2.32. The quantitative estimate of drug-likeness (QED) is 0.880. The monoisotopic (exact) mass is 299 g/mol. The summed E-state index contributed by atoms with van der Waals surface area (Å²) in [4.78, 5) is 14.5. The van der Waals surface area contributed by atoms with Crippen LogP contribution in [0.3, 0.4) is 0 Å². The highest BCUT2D eigenvalue weighted by atomic mass is 32.1. The molecule has 0 unspecified atom stereocenters. The third-order valence-electron chi connectivity index (χ3n) is 3.23. The molecular weight excluding hydrogens is 278 g/mol. The maximum atomic E-state index is 11.8. The minimum absolute atomic E-state index is 0.190. The fourth-order valence-electron chi connectivity index (χ4n) is 2.29. The van der Waals surface area contributed by atoms with Gasteiger partial charge in [0.15, 0.2) is 5.75 Å². The maximum absolute atomic E-state index is 11.8. The molecule has 2 rings (SSSR count). The lowest BCUT2D eigenvalue weighted by molar-refractivity contribution is -0.0275. The summed E-state index contributed by atoms with van der Waals surface area (Å²) < 4.78 is 11.1. The molecule has 0 spiro atoms. The first-order valence-electron chi connectivity index (χ1n) is 6.47. The highest BCUT2D eigenvalue weighted by molar-refractivity contribution is 7.19. The first-order chi connectivity index (χ1) is 9.39. The molecule has 112 valence electrons. The molecule has 1 aliphatic rings. The molecule has 1 fully saturated rings. The Balaban J connectivity index is 2.38. The number of morpholine rings is 1. The number of methoxy groups -OCH3 is 1. The van der Waals surface area contributed by atoms with Gasteiger partial charge in [0.05, 0.1) is 19.3 Å². The zero-order valence-corrected chi connectivity index (χ0v) is 13.1. The van der Waals surface area contributed by atoms with Crippen molar-refractivity contribution >= 4 is 27.9 Å². The summed E-state index contributed by atoms with van der Waals surface area (Å²) in [5.74, 6) is 0.385. The van der Waals surface area contributed by atoms with E-state index in [9.17, 15) is 4.79 Å². The van der Waals surface area contributed by atoms with E-state index < -0.39 is 0 Å². The molecule has 1 aromatic heterocycles. The summed E-state index contributed by atoms with van der Waals surface area (Å²) in [5.41, 5.74) is 6.20. The lowest BCUT2D eigenvalue weighted by atomic mass is 10.1. The zero-order chi connectivity index (χ0) is 14.9. The Morgan fingerprint density at radius 3 is 2.80 bits per heavy atom. The van der Waals surface area contributed by atoms with Crippen molar-refractivity contribution in [2.24, 2.45) is 0 Å². The van der Waals surface area contributed by atoms with Crippen LogP contribution in [0.1, 0.15) is 23.5 Å². The number of thiophene rings is 1. The third-order valence-corrected chi connectivity index (χ3v) is 4.48. The van der Waals surface area contributed by atoms with Crippen LogP contribution in [0.4, 0.5) is 10.7 Å². The van der Waals surface area contributed by atoms with E-state index in [0.717, 1.165) is 18.1 Å². The van der Waals surface area contributed by atoms with Crippen molar-refractivity contribution in [3.05, 3.63) is 4.88 Å². The average molecular weight is 299 g/mol. The lowest BCUT2D eigenvalue weighted by Crippen LogP contribution is -2.48. The van der Waals surface area contributed by atoms with Crippen molar-refractivity contribution in [1.82, 2.24) is 5.32 Å². The lowest BCUT2D eigenvalue weighted by Gasteiger charge is -2.38. The number of amides is 1. The summed E-state index contributed by atoms with van der Waals surface area (Å²) in [7, 11) is 3.16. The fourth-order valence-corrected chi connectivity index (χ4v) is 3.46. The predicted molar refractivity (Wildman–Crippen MR) is 80.9 cm³/mol. The molecule has 0 aliphatic carbocycles. The van der Waals surface area contributed by atoms with Gasteiger partial charge in [-0.15, -0.1) is 11.3 Å². The summed E-state index contributed by atoms with van der Waals surface area (Å²) in [6, 6.07) is 0. The largest absolute Gasteiger partial charge is 0.492 e. The second-order valence-corrected chi connectivity index (χ2v) is 6.29. The van der Waals surface area contributed by atoms with Gasteiger partial charge in [0.2, 0.25) is 0 Å². The molecule has 0 radical (unpaired) electrons. The Labute approximate surface area is 122 Å². The van der Waals surface area contributed by atoms with Crippen LogP contribution >= 0.6 is 11.3 Å². The van der Waals surface area contributed by atoms with Gasteiger partial charge in [-0.25, -0.2) is 0 Å². The topological polar surface area (TPSA) is 76.8 Å². The molecule has 6 nitrogen and oxygen atoms in total. The summed E-state index contributed by atoms with van der Waals surface area (Å²) in [6.45, 7) is 6.22. The van der Waals surface area contributed by atoms with Gasteiger partial charge in [0.1, 0.15) is 15.6 Å². The van der Waals surface area contributed by atoms with Gasteiger partial charge >= 0.3 is 0 Å². The number of anilines is 2. The number of carbonyl (C=O) groups excluding carboxylic acids is 1. The normalized spacial score (nSPS) is 17.9. The van der Waals surface area contributed by atoms with E-state index in [4.69, 9.17) is 15.2 Å². The number of carbonyl (C=O) groups is 1. The molecular formula is C13H21N3O3S. The summed E-state index contributed by atoms with van der Waals surface area (Å²) >= 11 is 1.36. The Morgan fingerprint density at radius 1 is 1.55 bits per heavy atom. The van der Waals surface area contributed by atoms with Crippen LogP contribution in [-0.2, 0) is 4.74 Å². The van der Waals surface area contributed by atoms with E-state index >= 15 is 0 Å². The molecule has 1 aliphatic heterocycles. The SMILES string of the molecule is CNC(=O)c1sc(N2CCOC(C)(C)C2)c(OC)c1N. The molecule has 0 bridgehead atoms. The first-order valence-corrected chi connectivity index (χ1v) is 7.28. The smallest absolute Gasteiger partial charge is 0.263 e. The van der Waals surface area contributed by atoms with Crippen LogP contribution in [0.5, 0.6) is 5.75 Å². The van der Waals surface area contributed by atoms with Crippen molar-refractivity contribution in [2.45, 2.75) is 19.4 Å². The molecule has 0 atom stereocenters. The van der Waals surface area contributed by atoms with E-state index in [1.54, 1.807) is 14.2 Å². The number of nitrogens with two attached hydrogens (primary N) is 1.